The zero-order valence-electron chi connectivity index (χ0n) is 10.4. The predicted molar refractivity (Wildman–Crippen MR) is 75.2 cm³/mol. The van der Waals surface area contributed by atoms with Crippen molar-refractivity contribution in [3.05, 3.63) is 30.1 Å². The second kappa shape index (κ2) is 7.72. The van der Waals surface area contributed by atoms with Gasteiger partial charge in [-0.1, -0.05) is 18.9 Å². The monoisotopic (exact) mass is 250 g/mol. The van der Waals surface area contributed by atoms with Crippen LogP contribution < -0.4 is 5.32 Å². The minimum absolute atomic E-state index is 0.942. The lowest BCUT2D eigenvalue weighted by atomic mass is 10.1. The Morgan fingerprint density at radius 1 is 1.35 bits per heavy atom. The molecule has 0 amide bonds. The van der Waals surface area contributed by atoms with Crippen molar-refractivity contribution in [1.29, 1.82) is 0 Å². The summed E-state index contributed by atoms with van der Waals surface area (Å²) < 4.78 is 0. The summed E-state index contributed by atoms with van der Waals surface area (Å²) in [6, 6.07) is 4.11. The van der Waals surface area contributed by atoms with Crippen LogP contribution in [0, 0.1) is 5.92 Å². The number of aromatic nitrogens is 1. The maximum Gasteiger partial charge on any atom is 0.0312 e. The smallest absolute Gasteiger partial charge is 0.0312 e. The Morgan fingerprint density at radius 2 is 2.24 bits per heavy atom. The zero-order chi connectivity index (χ0) is 11.8. The summed E-state index contributed by atoms with van der Waals surface area (Å²) in [4.78, 5) is 4.11. The highest BCUT2D eigenvalue weighted by molar-refractivity contribution is 7.99. The number of pyridine rings is 1. The van der Waals surface area contributed by atoms with E-state index in [4.69, 9.17) is 0 Å². The number of hydrogen-bond acceptors (Lipinski definition) is 3. The van der Waals surface area contributed by atoms with Crippen LogP contribution in [0.15, 0.2) is 24.5 Å². The van der Waals surface area contributed by atoms with Gasteiger partial charge in [0.25, 0.3) is 0 Å². The molecule has 0 radical (unpaired) electrons. The SMILES string of the molecule is c1cncc(CNCCSCC2CCCC2)c1. The summed E-state index contributed by atoms with van der Waals surface area (Å²) in [5.74, 6) is 3.61. The van der Waals surface area contributed by atoms with E-state index in [1.807, 2.05) is 18.5 Å². The summed E-state index contributed by atoms with van der Waals surface area (Å²) in [5, 5.41) is 3.47. The van der Waals surface area contributed by atoms with Crippen LogP contribution in [-0.4, -0.2) is 23.0 Å². The lowest BCUT2D eigenvalue weighted by Gasteiger charge is -2.08. The van der Waals surface area contributed by atoms with E-state index < -0.39 is 0 Å². The first kappa shape index (κ1) is 12.9. The van der Waals surface area contributed by atoms with Crippen molar-refractivity contribution in [2.24, 2.45) is 5.92 Å². The van der Waals surface area contributed by atoms with E-state index >= 15 is 0 Å². The Bertz CT molecular complexity index is 296. The van der Waals surface area contributed by atoms with Crippen LogP contribution in [0.1, 0.15) is 31.2 Å². The van der Waals surface area contributed by atoms with E-state index in [1.165, 1.54) is 42.8 Å². The van der Waals surface area contributed by atoms with Crippen LogP contribution in [0.4, 0.5) is 0 Å². The van der Waals surface area contributed by atoms with Crippen molar-refractivity contribution in [1.82, 2.24) is 10.3 Å². The number of thioether (sulfide) groups is 1. The van der Waals surface area contributed by atoms with Gasteiger partial charge in [0.2, 0.25) is 0 Å². The fourth-order valence-electron chi connectivity index (χ4n) is 2.31. The Morgan fingerprint density at radius 3 is 3.00 bits per heavy atom. The number of rotatable bonds is 7. The molecule has 0 aliphatic heterocycles. The van der Waals surface area contributed by atoms with E-state index in [0.29, 0.717) is 0 Å². The van der Waals surface area contributed by atoms with Gasteiger partial charge in [-0.25, -0.2) is 0 Å². The topological polar surface area (TPSA) is 24.9 Å². The number of hydrogen-bond donors (Lipinski definition) is 1. The average molecular weight is 250 g/mol. The van der Waals surface area contributed by atoms with Crippen LogP contribution in [0.2, 0.25) is 0 Å². The van der Waals surface area contributed by atoms with E-state index in [0.717, 1.165) is 19.0 Å². The van der Waals surface area contributed by atoms with Crippen LogP contribution in [0.5, 0.6) is 0 Å². The lowest BCUT2D eigenvalue weighted by Crippen LogP contribution is -2.17. The van der Waals surface area contributed by atoms with Crippen molar-refractivity contribution >= 4 is 11.8 Å². The molecule has 2 nitrogen and oxygen atoms in total. The van der Waals surface area contributed by atoms with Crippen molar-refractivity contribution < 1.29 is 0 Å². The molecule has 1 aromatic heterocycles. The predicted octanol–water partition coefficient (Wildman–Crippen LogP) is 3.09. The molecule has 1 N–H and O–H groups in total. The molecule has 0 unspecified atom stereocenters. The van der Waals surface area contributed by atoms with Crippen molar-refractivity contribution in [3.8, 4) is 0 Å². The van der Waals surface area contributed by atoms with Gasteiger partial charge in [0, 0.05) is 31.2 Å². The van der Waals surface area contributed by atoms with Gasteiger partial charge in [-0.15, -0.1) is 0 Å². The summed E-state index contributed by atoms with van der Waals surface area (Å²) >= 11 is 2.11. The van der Waals surface area contributed by atoms with Gasteiger partial charge in [-0.3, -0.25) is 4.98 Å². The molecule has 0 saturated heterocycles. The van der Waals surface area contributed by atoms with Gasteiger partial charge in [-0.05, 0) is 36.1 Å². The van der Waals surface area contributed by atoms with Crippen molar-refractivity contribution in [2.75, 3.05) is 18.1 Å². The van der Waals surface area contributed by atoms with Gasteiger partial charge in [0.1, 0.15) is 0 Å². The molecule has 1 saturated carbocycles. The molecule has 0 atom stereocenters. The van der Waals surface area contributed by atoms with Crippen LogP contribution in [-0.2, 0) is 6.54 Å². The van der Waals surface area contributed by atoms with Crippen LogP contribution in [0.3, 0.4) is 0 Å². The molecular weight excluding hydrogens is 228 g/mol. The maximum absolute atomic E-state index is 4.11. The first-order valence-electron chi connectivity index (χ1n) is 6.62. The molecule has 1 aromatic rings. The molecule has 17 heavy (non-hydrogen) atoms. The molecule has 0 spiro atoms. The van der Waals surface area contributed by atoms with E-state index in [-0.39, 0.29) is 0 Å². The Hall–Kier alpha value is -0.540. The molecule has 0 aromatic carbocycles. The van der Waals surface area contributed by atoms with E-state index in [9.17, 15) is 0 Å². The number of nitrogens with zero attached hydrogens (tertiary/aromatic N) is 1. The van der Waals surface area contributed by atoms with E-state index in [2.05, 4.69) is 28.1 Å². The zero-order valence-corrected chi connectivity index (χ0v) is 11.2. The highest BCUT2D eigenvalue weighted by Gasteiger charge is 2.13. The molecule has 3 heteroatoms. The quantitative estimate of drug-likeness (QED) is 0.753. The average Bonchev–Trinajstić information content (AvgIpc) is 2.88. The first-order valence-corrected chi connectivity index (χ1v) is 7.78. The van der Waals surface area contributed by atoms with Gasteiger partial charge in [-0.2, -0.15) is 11.8 Å². The lowest BCUT2D eigenvalue weighted by molar-refractivity contribution is 0.622. The highest BCUT2D eigenvalue weighted by atomic mass is 32.2. The summed E-state index contributed by atoms with van der Waals surface area (Å²) in [6.07, 6.45) is 9.61. The molecular formula is C14H22N2S. The minimum atomic E-state index is 0.942. The molecule has 1 aliphatic rings. The normalized spacial score (nSPS) is 16.5. The van der Waals surface area contributed by atoms with Gasteiger partial charge in [0.05, 0.1) is 0 Å². The molecule has 0 bridgehead atoms. The summed E-state index contributed by atoms with van der Waals surface area (Å²) in [6.45, 7) is 2.05. The summed E-state index contributed by atoms with van der Waals surface area (Å²) in [7, 11) is 0. The third-order valence-corrected chi connectivity index (χ3v) is 4.50. The number of nitrogens with one attached hydrogen (secondary N) is 1. The standard InChI is InChI=1S/C14H22N2S/c1-2-5-13(4-1)12-17-9-8-16-11-14-6-3-7-15-10-14/h3,6-7,10,13,16H,1-2,4-5,8-9,11-12H2. The van der Waals surface area contributed by atoms with Crippen molar-refractivity contribution in [3.63, 3.8) is 0 Å². The fourth-order valence-corrected chi connectivity index (χ4v) is 3.43. The first-order chi connectivity index (χ1) is 8.45. The molecule has 1 fully saturated rings. The molecule has 1 aliphatic carbocycles. The Balaban J connectivity index is 1.46. The maximum atomic E-state index is 4.11. The second-order valence-corrected chi connectivity index (χ2v) is 5.91. The molecule has 94 valence electrons. The summed E-state index contributed by atoms with van der Waals surface area (Å²) in [5.41, 5.74) is 1.27. The second-order valence-electron chi connectivity index (χ2n) is 4.76. The third-order valence-electron chi connectivity index (χ3n) is 3.30. The fraction of sp³-hybridized carbons (Fsp3) is 0.643. The van der Waals surface area contributed by atoms with E-state index in [1.54, 1.807) is 0 Å². The largest absolute Gasteiger partial charge is 0.312 e. The highest BCUT2D eigenvalue weighted by Crippen LogP contribution is 2.27. The van der Waals surface area contributed by atoms with Crippen molar-refractivity contribution in [2.45, 2.75) is 32.2 Å². The Labute approximate surface area is 109 Å². The van der Waals surface area contributed by atoms with Gasteiger partial charge < -0.3 is 5.32 Å². The third kappa shape index (κ3) is 5.09. The van der Waals surface area contributed by atoms with Gasteiger partial charge >= 0.3 is 0 Å². The van der Waals surface area contributed by atoms with Gasteiger partial charge in [0.15, 0.2) is 0 Å². The minimum Gasteiger partial charge on any atom is -0.312 e. The molecule has 1 heterocycles. The Kier molecular flexibility index (Phi) is 5.86. The van der Waals surface area contributed by atoms with Crippen LogP contribution >= 0.6 is 11.8 Å². The van der Waals surface area contributed by atoms with Crippen LogP contribution in [0.25, 0.3) is 0 Å². The molecule has 2 rings (SSSR count).